The Hall–Kier alpha value is -1.34. The quantitative estimate of drug-likeness (QED) is 0.710. The third kappa shape index (κ3) is 4.81. The number of aryl methyl sites for hydroxylation is 1. The summed E-state index contributed by atoms with van der Waals surface area (Å²) < 4.78 is 2.06. The van der Waals surface area contributed by atoms with Crippen molar-refractivity contribution in [3.63, 3.8) is 0 Å². The van der Waals surface area contributed by atoms with Crippen LogP contribution in [0.4, 0.5) is 5.82 Å². The Morgan fingerprint density at radius 3 is 2.57 bits per heavy atom. The van der Waals surface area contributed by atoms with E-state index in [0.717, 1.165) is 30.9 Å². The average Bonchev–Trinajstić information content (AvgIpc) is 2.90. The lowest BCUT2D eigenvalue weighted by Gasteiger charge is -2.30. The van der Waals surface area contributed by atoms with Gasteiger partial charge in [0, 0.05) is 30.9 Å². The molecule has 6 nitrogen and oxygen atoms in total. The summed E-state index contributed by atoms with van der Waals surface area (Å²) in [6.07, 6.45) is 4.40. The largest absolute Gasteiger partial charge is 0.382 e. The number of aromatic nitrogens is 4. The van der Waals surface area contributed by atoms with Gasteiger partial charge in [-0.2, -0.15) is 11.8 Å². The van der Waals surface area contributed by atoms with Crippen molar-refractivity contribution < 1.29 is 0 Å². The molecular formula is C16H28N6S. The maximum atomic E-state index is 5.81. The zero-order valence-corrected chi connectivity index (χ0v) is 15.4. The number of imidazole rings is 1. The van der Waals surface area contributed by atoms with Gasteiger partial charge < -0.3 is 10.3 Å². The molecule has 0 saturated heterocycles. The lowest BCUT2D eigenvalue weighted by atomic mass is 10.2. The van der Waals surface area contributed by atoms with E-state index in [9.17, 15) is 0 Å². The first kappa shape index (κ1) is 18.0. The summed E-state index contributed by atoms with van der Waals surface area (Å²) in [5.41, 5.74) is 7.33. The number of anilines is 1. The maximum Gasteiger partial charge on any atom is 0.165 e. The molecule has 23 heavy (non-hydrogen) atoms. The molecule has 2 aromatic heterocycles. The summed E-state index contributed by atoms with van der Waals surface area (Å²) in [5, 5.41) is 0. The monoisotopic (exact) mass is 336 g/mol. The van der Waals surface area contributed by atoms with Gasteiger partial charge in [0.15, 0.2) is 11.5 Å². The lowest BCUT2D eigenvalue weighted by Crippen LogP contribution is -2.38. The smallest absolute Gasteiger partial charge is 0.165 e. The van der Waals surface area contributed by atoms with Gasteiger partial charge in [0.2, 0.25) is 0 Å². The third-order valence-electron chi connectivity index (χ3n) is 3.94. The maximum absolute atomic E-state index is 5.81. The van der Waals surface area contributed by atoms with Gasteiger partial charge in [-0.3, -0.25) is 4.90 Å². The molecule has 2 aromatic rings. The summed E-state index contributed by atoms with van der Waals surface area (Å²) in [7, 11) is 0. The Labute approximate surface area is 142 Å². The van der Waals surface area contributed by atoms with Crippen molar-refractivity contribution in [3.05, 3.63) is 12.7 Å². The number of thioether (sulfide) groups is 1. The molecule has 0 aliphatic carbocycles. The second-order valence-electron chi connectivity index (χ2n) is 6.26. The fraction of sp³-hybridized carbons (Fsp3) is 0.688. The Balaban J connectivity index is 1.72. The van der Waals surface area contributed by atoms with Crippen molar-refractivity contribution in [2.24, 2.45) is 0 Å². The number of rotatable bonds is 9. The van der Waals surface area contributed by atoms with Crippen LogP contribution in [0.3, 0.4) is 0 Å². The van der Waals surface area contributed by atoms with Crippen LogP contribution in [0, 0.1) is 0 Å². The molecule has 0 aliphatic rings. The highest BCUT2D eigenvalue weighted by Crippen LogP contribution is 2.15. The minimum Gasteiger partial charge on any atom is -0.382 e. The molecule has 0 saturated carbocycles. The molecule has 0 bridgehead atoms. The summed E-state index contributed by atoms with van der Waals surface area (Å²) in [6.45, 7) is 11.1. The van der Waals surface area contributed by atoms with Crippen LogP contribution in [0.2, 0.25) is 0 Å². The normalized spacial score (nSPS) is 12.1. The van der Waals surface area contributed by atoms with E-state index < -0.39 is 0 Å². The highest BCUT2D eigenvalue weighted by molar-refractivity contribution is 7.99. The summed E-state index contributed by atoms with van der Waals surface area (Å²) in [5.74, 6) is 2.77. The number of fused-ring (bicyclic) bond motifs is 1. The molecule has 0 amide bonds. The lowest BCUT2D eigenvalue weighted by molar-refractivity contribution is 0.187. The molecule has 2 heterocycles. The molecule has 2 N–H and O–H groups in total. The van der Waals surface area contributed by atoms with E-state index in [0.29, 0.717) is 23.4 Å². The molecule has 2 rings (SSSR count). The van der Waals surface area contributed by atoms with Crippen LogP contribution in [0.5, 0.6) is 0 Å². The highest BCUT2D eigenvalue weighted by Gasteiger charge is 2.12. The van der Waals surface area contributed by atoms with Gasteiger partial charge in [-0.1, -0.05) is 0 Å². The Bertz CT molecular complexity index is 602. The Kier molecular flexibility index (Phi) is 6.65. The van der Waals surface area contributed by atoms with E-state index in [1.165, 1.54) is 12.1 Å². The molecule has 0 aliphatic heterocycles. The fourth-order valence-electron chi connectivity index (χ4n) is 2.78. The molecule has 0 spiro atoms. The van der Waals surface area contributed by atoms with E-state index >= 15 is 0 Å². The standard InChI is InChI=1S/C16H28N6S/c1-12(2)22(13(3)4)7-9-23-8-5-6-21-11-20-14-15(17)18-10-19-16(14)21/h10-13H,5-9H2,1-4H3,(H2,17,18,19). The van der Waals surface area contributed by atoms with Crippen LogP contribution in [-0.4, -0.2) is 54.6 Å². The van der Waals surface area contributed by atoms with Crippen molar-refractivity contribution in [2.45, 2.75) is 52.7 Å². The first-order valence-corrected chi connectivity index (χ1v) is 9.41. The number of nitrogen functional groups attached to an aromatic ring is 1. The van der Waals surface area contributed by atoms with Crippen molar-refractivity contribution >= 4 is 28.7 Å². The number of hydrogen-bond donors (Lipinski definition) is 1. The number of hydrogen-bond acceptors (Lipinski definition) is 6. The second kappa shape index (κ2) is 8.49. The number of nitrogens with two attached hydrogens (primary N) is 1. The second-order valence-corrected chi connectivity index (χ2v) is 7.49. The van der Waals surface area contributed by atoms with Crippen molar-refractivity contribution in [3.8, 4) is 0 Å². The minimum atomic E-state index is 0.450. The van der Waals surface area contributed by atoms with Crippen molar-refractivity contribution in [1.29, 1.82) is 0 Å². The van der Waals surface area contributed by atoms with E-state index in [-0.39, 0.29) is 0 Å². The van der Waals surface area contributed by atoms with Crippen molar-refractivity contribution in [2.75, 3.05) is 23.8 Å². The summed E-state index contributed by atoms with van der Waals surface area (Å²) in [4.78, 5) is 15.1. The highest BCUT2D eigenvalue weighted by atomic mass is 32.2. The first-order chi connectivity index (χ1) is 11.0. The molecule has 0 fully saturated rings. The van der Waals surface area contributed by atoms with Crippen LogP contribution in [0.25, 0.3) is 11.2 Å². The molecule has 7 heteroatoms. The molecular weight excluding hydrogens is 308 g/mol. The van der Waals surface area contributed by atoms with Gasteiger partial charge in [0.25, 0.3) is 0 Å². The Morgan fingerprint density at radius 2 is 1.87 bits per heavy atom. The van der Waals surface area contributed by atoms with Crippen LogP contribution < -0.4 is 5.73 Å². The predicted molar refractivity (Wildman–Crippen MR) is 98.7 cm³/mol. The van der Waals surface area contributed by atoms with Gasteiger partial charge in [-0.25, -0.2) is 15.0 Å². The van der Waals surface area contributed by atoms with Crippen LogP contribution in [0.1, 0.15) is 34.1 Å². The molecule has 0 aromatic carbocycles. The van der Waals surface area contributed by atoms with Crippen LogP contribution >= 0.6 is 11.8 Å². The minimum absolute atomic E-state index is 0.450. The first-order valence-electron chi connectivity index (χ1n) is 8.25. The third-order valence-corrected chi connectivity index (χ3v) is 4.99. The topological polar surface area (TPSA) is 72.9 Å². The van der Waals surface area contributed by atoms with E-state index in [4.69, 9.17) is 5.73 Å². The zero-order chi connectivity index (χ0) is 16.8. The SMILES string of the molecule is CC(C)N(CCSCCCn1cnc2c(N)ncnc21)C(C)C. The summed E-state index contributed by atoms with van der Waals surface area (Å²) in [6, 6.07) is 1.22. The van der Waals surface area contributed by atoms with E-state index in [1.807, 2.05) is 11.8 Å². The van der Waals surface area contributed by atoms with Gasteiger partial charge in [-0.05, 0) is 39.9 Å². The summed E-state index contributed by atoms with van der Waals surface area (Å²) >= 11 is 2.01. The number of nitrogens with zero attached hydrogens (tertiary/aromatic N) is 5. The predicted octanol–water partition coefficient (Wildman–Crippen LogP) is 2.65. The van der Waals surface area contributed by atoms with Gasteiger partial charge in [0.1, 0.15) is 11.8 Å². The zero-order valence-electron chi connectivity index (χ0n) is 14.6. The van der Waals surface area contributed by atoms with Crippen LogP contribution in [0.15, 0.2) is 12.7 Å². The molecule has 128 valence electrons. The molecule has 0 radical (unpaired) electrons. The van der Waals surface area contributed by atoms with E-state index in [2.05, 4.69) is 52.1 Å². The van der Waals surface area contributed by atoms with E-state index in [1.54, 1.807) is 6.33 Å². The molecule has 0 unspecified atom stereocenters. The molecule has 0 atom stereocenters. The Morgan fingerprint density at radius 1 is 1.13 bits per heavy atom. The fourth-order valence-corrected chi connectivity index (χ4v) is 3.66. The van der Waals surface area contributed by atoms with Gasteiger partial charge >= 0.3 is 0 Å². The van der Waals surface area contributed by atoms with Crippen molar-refractivity contribution in [1.82, 2.24) is 24.4 Å². The van der Waals surface area contributed by atoms with Gasteiger partial charge in [0.05, 0.1) is 6.33 Å². The average molecular weight is 337 g/mol. The van der Waals surface area contributed by atoms with Gasteiger partial charge in [-0.15, -0.1) is 0 Å². The van der Waals surface area contributed by atoms with Crippen LogP contribution in [-0.2, 0) is 6.54 Å².